The summed E-state index contributed by atoms with van der Waals surface area (Å²) in [7, 11) is 0. The standard InChI is InChI=1S/C16H11N3O3/c20-14(19-16-17-8-3-9-18-16)7-6-11-10-22-13-5-2-1-4-12(13)15(11)21/h1-10H,(H,17,18,19,20)/b7-6+. The van der Waals surface area contributed by atoms with Gasteiger partial charge in [0.2, 0.25) is 5.95 Å². The lowest BCUT2D eigenvalue weighted by molar-refractivity contribution is -0.111. The third-order valence-electron chi connectivity index (χ3n) is 2.92. The van der Waals surface area contributed by atoms with Gasteiger partial charge in [0.25, 0.3) is 5.91 Å². The van der Waals surface area contributed by atoms with Gasteiger partial charge in [0.05, 0.1) is 10.9 Å². The van der Waals surface area contributed by atoms with E-state index < -0.39 is 5.91 Å². The number of para-hydroxylation sites is 1. The number of fused-ring (bicyclic) bond motifs is 1. The molecule has 0 spiro atoms. The summed E-state index contributed by atoms with van der Waals surface area (Å²) in [5.74, 6) is -0.235. The number of anilines is 1. The second-order valence-corrected chi connectivity index (χ2v) is 4.41. The number of nitrogens with zero attached hydrogens (tertiary/aromatic N) is 2. The number of hydrogen-bond donors (Lipinski definition) is 1. The Balaban J connectivity index is 1.82. The van der Waals surface area contributed by atoms with Gasteiger partial charge in [-0.2, -0.15) is 0 Å². The van der Waals surface area contributed by atoms with Gasteiger partial charge in [-0.05, 0) is 24.3 Å². The predicted octanol–water partition coefficient (Wildman–Crippen LogP) is 2.23. The summed E-state index contributed by atoms with van der Waals surface area (Å²) in [4.78, 5) is 31.7. The van der Waals surface area contributed by atoms with E-state index in [4.69, 9.17) is 4.42 Å². The molecule has 0 fully saturated rings. The SMILES string of the molecule is O=C(/C=C/c1coc2ccccc2c1=O)Nc1ncccn1. The van der Waals surface area contributed by atoms with E-state index in [0.29, 0.717) is 16.5 Å². The first-order valence-corrected chi connectivity index (χ1v) is 6.51. The van der Waals surface area contributed by atoms with E-state index in [1.165, 1.54) is 30.8 Å². The van der Waals surface area contributed by atoms with Crippen molar-refractivity contribution in [3.05, 3.63) is 70.9 Å². The van der Waals surface area contributed by atoms with Crippen molar-refractivity contribution < 1.29 is 9.21 Å². The molecule has 1 aromatic carbocycles. The second-order valence-electron chi connectivity index (χ2n) is 4.41. The van der Waals surface area contributed by atoms with E-state index in [-0.39, 0.29) is 11.4 Å². The highest BCUT2D eigenvalue weighted by atomic mass is 16.3. The first-order chi connectivity index (χ1) is 10.7. The van der Waals surface area contributed by atoms with Gasteiger partial charge in [0.1, 0.15) is 11.8 Å². The maximum atomic E-state index is 12.2. The van der Waals surface area contributed by atoms with Crippen LogP contribution in [0.4, 0.5) is 5.95 Å². The summed E-state index contributed by atoms with van der Waals surface area (Å²) in [6.07, 6.45) is 7.00. The molecule has 2 aromatic heterocycles. The molecule has 22 heavy (non-hydrogen) atoms. The zero-order valence-electron chi connectivity index (χ0n) is 11.4. The minimum Gasteiger partial charge on any atom is -0.463 e. The number of hydrogen-bond acceptors (Lipinski definition) is 5. The Morgan fingerprint density at radius 1 is 1.14 bits per heavy atom. The Morgan fingerprint density at radius 3 is 2.73 bits per heavy atom. The van der Waals surface area contributed by atoms with E-state index >= 15 is 0 Å². The molecule has 1 N–H and O–H groups in total. The Kier molecular flexibility index (Phi) is 3.74. The highest BCUT2D eigenvalue weighted by Crippen LogP contribution is 2.11. The number of nitrogens with one attached hydrogen (secondary N) is 1. The largest absolute Gasteiger partial charge is 0.463 e. The first kappa shape index (κ1) is 13.7. The van der Waals surface area contributed by atoms with E-state index in [2.05, 4.69) is 15.3 Å². The molecule has 108 valence electrons. The molecule has 0 aliphatic heterocycles. The molecule has 3 aromatic rings. The Bertz CT molecular complexity index is 901. The average Bonchev–Trinajstić information content (AvgIpc) is 2.55. The Morgan fingerprint density at radius 2 is 1.91 bits per heavy atom. The average molecular weight is 293 g/mol. The minimum atomic E-state index is -0.432. The third kappa shape index (κ3) is 2.90. The fraction of sp³-hybridized carbons (Fsp3) is 0. The quantitative estimate of drug-likeness (QED) is 0.748. The number of aromatic nitrogens is 2. The molecule has 3 rings (SSSR count). The zero-order valence-corrected chi connectivity index (χ0v) is 11.4. The van der Waals surface area contributed by atoms with Gasteiger partial charge in [0.15, 0.2) is 5.43 Å². The fourth-order valence-electron chi connectivity index (χ4n) is 1.89. The van der Waals surface area contributed by atoms with Crippen LogP contribution in [0.15, 0.2) is 64.3 Å². The van der Waals surface area contributed by atoms with Crippen LogP contribution in [0.2, 0.25) is 0 Å². The molecule has 0 bridgehead atoms. The van der Waals surface area contributed by atoms with Crippen molar-refractivity contribution in [2.24, 2.45) is 0 Å². The fourth-order valence-corrected chi connectivity index (χ4v) is 1.89. The van der Waals surface area contributed by atoms with Crippen molar-refractivity contribution >= 4 is 28.9 Å². The van der Waals surface area contributed by atoms with Crippen LogP contribution in [-0.4, -0.2) is 15.9 Å². The Labute approximate surface area is 125 Å². The van der Waals surface area contributed by atoms with Gasteiger partial charge >= 0.3 is 0 Å². The highest BCUT2D eigenvalue weighted by molar-refractivity contribution is 6.01. The summed E-state index contributed by atoms with van der Waals surface area (Å²) in [6.45, 7) is 0. The van der Waals surface area contributed by atoms with Gasteiger partial charge in [-0.15, -0.1) is 0 Å². The summed E-state index contributed by atoms with van der Waals surface area (Å²) < 4.78 is 5.37. The van der Waals surface area contributed by atoms with Gasteiger partial charge < -0.3 is 4.42 Å². The van der Waals surface area contributed by atoms with Crippen LogP contribution in [-0.2, 0) is 4.79 Å². The van der Waals surface area contributed by atoms with E-state index in [9.17, 15) is 9.59 Å². The molecule has 6 nitrogen and oxygen atoms in total. The lowest BCUT2D eigenvalue weighted by Gasteiger charge is -1.99. The molecule has 0 radical (unpaired) electrons. The van der Waals surface area contributed by atoms with Crippen LogP contribution in [0.25, 0.3) is 17.0 Å². The van der Waals surface area contributed by atoms with Crippen molar-refractivity contribution in [2.75, 3.05) is 5.32 Å². The lowest BCUT2D eigenvalue weighted by Crippen LogP contribution is -2.11. The van der Waals surface area contributed by atoms with Crippen molar-refractivity contribution in [1.29, 1.82) is 0 Å². The normalized spacial score (nSPS) is 10.9. The van der Waals surface area contributed by atoms with Crippen LogP contribution < -0.4 is 10.7 Å². The molecule has 1 amide bonds. The maximum Gasteiger partial charge on any atom is 0.250 e. The van der Waals surface area contributed by atoms with Crippen LogP contribution in [0.5, 0.6) is 0 Å². The molecule has 2 heterocycles. The lowest BCUT2D eigenvalue weighted by atomic mass is 10.1. The summed E-state index contributed by atoms with van der Waals surface area (Å²) in [5, 5.41) is 2.96. The number of benzene rings is 1. The van der Waals surface area contributed by atoms with Gasteiger partial charge in [0, 0.05) is 18.5 Å². The smallest absolute Gasteiger partial charge is 0.250 e. The number of rotatable bonds is 3. The van der Waals surface area contributed by atoms with Crippen molar-refractivity contribution in [2.45, 2.75) is 0 Å². The molecular weight excluding hydrogens is 282 g/mol. The molecule has 6 heteroatoms. The summed E-state index contributed by atoms with van der Waals surface area (Å²) in [6, 6.07) is 8.58. The first-order valence-electron chi connectivity index (χ1n) is 6.51. The van der Waals surface area contributed by atoms with Crippen LogP contribution >= 0.6 is 0 Å². The molecule has 0 saturated heterocycles. The van der Waals surface area contributed by atoms with E-state index in [1.807, 2.05) is 0 Å². The maximum absolute atomic E-state index is 12.2. The second kappa shape index (κ2) is 6.01. The minimum absolute atomic E-state index is 0.193. The topological polar surface area (TPSA) is 85.1 Å². The number of carbonyl (C=O) groups is 1. The molecule has 0 aliphatic rings. The van der Waals surface area contributed by atoms with Crippen molar-refractivity contribution in [1.82, 2.24) is 9.97 Å². The van der Waals surface area contributed by atoms with Crippen LogP contribution in [0.1, 0.15) is 5.56 Å². The van der Waals surface area contributed by atoms with Crippen LogP contribution in [0, 0.1) is 0 Å². The highest BCUT2D eigenvalue weighted by Gasteiger charge is 2.05. The van der Waals surface area contributed by atoms with Crippen molar-refractivity contribution in [3.63, 3.8) is 0 Å². The predicted molar refractivity (Wildman–Crippen MR) is 82.2 cm³/mol. The Hall–Kier alpha value is -3.28. The van der Waals surface area contributed by atoms with E-state index in [0.717, 1.165) is 0 Å². The van der Waals surface area contributed by atoms with E-state index in [1.54, 1.807) is 30.3 Å². The van der Waals surface area contributed by atoms with Crippen LogP contribution in [0.3, 0.4) is 0 Å². The van der Waals surface area contributed by atoms with Crippen molar-refractivity contribution in [3.8, 4) is 0 Å². The molecule has 0 atom stereocenters. The van der Waals surface area contributed by atoms with Gasteiger partial charge in [-0.25, -0.2) is 9.97 Å². The zero-order chi connectivity index (χ0) is 15.4. The number of amides is 1. The van der Waals surface area contributed by atoms with Gasteiger partial charge in [-0.3, -0.25) is 14.9 Å². The summed E-state index contributed by atoms with van der Waals surface area (Å²) in [5.41, 5.74) is 0.608. The molecule has 0 unspecified atom stereocenters. The molecule has 0 saturated carbocycles. The van der Waals surface area contributed by atoms with Gasteiger partial charge in [-0.1, -0.05) is 12.1 Å². The monoisotopic (exact) mass is 293 g/mol. The molecule has 0 aliphatic carbocycles. The summed E-state index contributed by atoms with van der Waals surface area (Å²) >= 11 is 0. The molecular formula is C16H11N3O3. The third-order valence-corrected chi connectivity index (χ3v) is 2.92. The number of carbonyl (C=O) groups excluding carboxylic acids is 1.